The fourth-order valence-electron chi connectivity index (χ4n) is 1.78. The quantitative estimate of drug-likeness (QED) is 0.725. The number of benzene rings is 1. The first-order valence-electron chi connectivity index (χ1n) is 6.39. The van der Waals surface area contributed by atoms with Crippen LogP contribution in [0.1, 0.15) is 38.8 Å². The smallest absolute Gasteiger partial charge is 0.119 e. The summed E-state index contributed by atoms with van der Waals surface area (Å²) in [7, 11) is 0. The summed E-state index contributed by atoms with van der Waals surface area (Å²) in [5.74, 6) is 0.929. The van der Waals surface area contributed by atoms with Crippen LogP contribution in [0.25, 0.3) is 0 Å². The largest absolute Gasteiger partial charge is 0.490 e. The van der Waals surface area contributed by atoms with Crippen LogP contribution in [0.2, 0.25) is 0 Å². The topological polar surface area (TPSA) is 21.3 Å². The van der Waals surface area contributed by atoms with Gasteiger partial charge in [-0.1, -0.05) is 38.1 Å². The van der Waals surface area contributed by atoms with E-state index in [2.05, 4.69) is 31.3 Å². The lowest BCUT2D eigenvalue weighted by molar-refractivity contribution is 0.362. The lowest BCUT2D eigenvalue weighted by Gasteiger charge is -2.16. The van der Waals surface area contributed by atoms with E-state index in [9.17, 15) is 0 Å². The van der Waals surface area contributed by atoms with Gasteiger partial charge in [0.05, 0.1) is 0 Å². The highest BCUT2D eigenvalue weighted by Gasteiger charge is 2.06. The number of nitrogens with one attached hydrogen (secondary N) is 1. The van der Waals surface area contributed by atoms with Gasteiger partial charge < -0.3 is 10.1 Å². The Kier molecular flexibility index (Phi) is 6.41. The molecular formula is C15H23NO. The lowest BCUT2D eigenvalue weighted by Crippen LogP contribution is -2.19. The zero-order valence-electron chi connectivity index (χ0n) is 11.1. The van der Waals surface area contributed by atoms with E-state index in [1.165, 1.54) is 5.56 Å². The average Bonchev–Trinajstić information content (AvgIpc) is 2.37. The minimum absolute atomic E-state index is 0.449. The Bertz CT molecular complexity index is 329. The molecule has 0 saturated heterocycles. The summed E-state index contributed by atoms with van der Waals surface area (Å²) < 4.78 is 5.57. The van der Waals surface area contributed by atoms with Crippen LogP contribution in [0.4, 0.5) is 0 Å². The summed E-state index contributed by atoms with van der Waals surface area (Å²) in [6.07, 6.45) is 5.10. The zero-order chi connectivity index (χ0) is 12.5. The molecule has 0 saturated carbocycles. The van der Waals surface area contributed by atoms with Gasteiger partial charge in [0.25, 0.3) is 0 Å². The maximum Gasteiger partial charge on any atom is 0.119 e. The molecule has 17 heavy (non-hydrogen) atoms. The predicted molar refractivity (Wildman–Crippen MR) is 73.5 cm³/mol. The molecule has 0 spiro atoms. The van der Waals surface area contributed by atoms with Gasteiger partial charge in [-0.2, -0.15) is 0 Å². The van der Waals surface area contributed by atoms with Crippen molar-refractivity contribution in [1.29, 1.82) is 0 Å². The third-order valence-electron chi connectivity index (χ3n) is 2.72. The van der Waals surface area contributed by atoms with Crippen LogP contribution in [0, 0.1) is 0 Å². The highest BCUT2D eigenvalue weighted by Crippen LogP contribution is 2.20. The van der Waals surface area contributed by atoms with Gasteiger partial charge in [0.1, 0.15) is 12.4 Å². The maximum absolute atomic E-state index is 5.57. The van der Waals surface area contributed by atoms with Crippen LogP contribution in [-0.4, -0.2) is 13.2 Å². The lowest BCUT2D eigenvalue weighted by atomic mass is 10.0. The summed E-state index contributed by atoms with van der Waals surface area (Å²) >= 11 is 0. The Labute approximate surface area is 105 Å². The minimum Gasteiger partial charge on any atom is -0.490 e. The SMILES string of the molecule is C/C=C/COc1ccc(C(CC)NCC)cc1. The van der Waals surface area contributed by atoms with Crippen molar-refractivity contribution in [2.24, 2.45) is 0 Å². The number of hydrogen-bond acceptors (Lipinski definition) is 2. The standard InChI is InChI=1S/C15H23NO/c1-4-7-12-17-14-10-8-13(9-11-14)15(5-2)16-6-3/h4,7-11,15-16H,5-6,12H2,1-3H3/b7-4+. The van der Waals surface area contributed by atoms with Crippen molar-refractivity contribution in [3.63, 3.8) is 0 Å². The fourth-order valence-corrected chi connectivity index (χ4v) is 1.78. The Morgan fingerprint density at radius 2 is 1.94 bits per heavy atom. The molecule has 0 aromatic heterocycles. The van der Waals surface area contributed by atoms with E-state index in [1.807, 2.05) is 31.2 Å². The molecule has 0 heterocycles. The predicted octanol–water partition coefficient (Wildman–Crippen LogP) is 3.70. The van der Waals surface area contributed by atoms with E-state index < -0.39 is 0 Å². The van der Waals surface area contributed by atoms with Gasteiger partial charge in [-0.05, 0) is 37.6 Å². The first-order valence-corrected chi connectivity index (χ1v) is 6.39. The third kappa shape index (κ3) is 4.61. The third-order valence-corrected chi connectivity index (χ3v) is 2.72. The Morgan fingerprint density at radius 1 is 1.24 bits per heavy atom. The van der Waals surface area contributed by atoms with Crippen LogP contribution >= 0.6 is 0 Å². The van der Waals surface area contributed by atoms with E-state index in [1.54, 1.807) is 0 Å². The van der Waals surface area contributed by atoms with Crippen molar-refractivity contribution in [3.8, 4) is 5.75 Å². The molecule has 1 aromatic rings. The fraction of sp³-hybridized carbons (Fsp3) is 0.467. The van der Waals surface area contributed by atoms with Gasteiger partial charge in [-0.3, -0.25) is 0 Å². The molecule has 0 fully saturated rings. The highest BCUT2D eigenvalue weighted by atomic mass is 16.5. The molecule has 0 aliphatic carbocycles. The first kappa shape index (κ1) is 13.8. The number of hydrogen-bond donors (Lipinski definition) is 1. The molecule has 0 amide bonds. The van der Waals surface area contributed by atoms with Crippen LogP contribution in [0.3, 0.4) is 0 Å². The van der Waals surface area contributed by atoms with Crippen molar-refractivity contribution in [2.45, 2.75) is 33.2 Å². The van der Waals surface area contributed by atoms with Gasteiger partial charge >= 0.3 is 0 Å². The second kappa shape index (κ2) is 7.91. The maximum atomic E-state index is 5.57. The van der Waals surface area contributed by atoms with Crippen LogP contribution < -0.4 is 10.1 Å². The molecule has 94 valence electrons. The van der Waals surface area contributed by atoms with Crippen molar-refractivity contribution in [3.05, 3.63) is 42.0 Å². The molecule has 0 aliphatic rings. The number of ether oxygens (including phenoxy) is 1. The second-order valence-electron chi connectivity index (χ2n) is 3.97. The van der Waals surface area contributed by atoms with E-state index in [-0.39, 0.29) is 0 Å². The minimum atomic E-state index is 0.449. The molecule has 0 aliphatic heterocycles. The highest BCUT2D eigenvalue weighted by molar-refractivity contribution is 5.29. The molecule has 1 unspecified atom stereocenters. The summed E-state index contributed by atoms with van der Waals surface area (Å²) in [4.78, 5) is 0. The zero-order valence-corrected chi connectivity index (χ0v) is 11.1. The normalized spacial score (nSPS) is 12.9. The molecule has 1 N–H and O–H groups in total. The summed E-state index contributed by atoms with van der Waals surface area (Å²) in [6.45, 7) is 7.97. The van der Waals surface area contributed by atoms with Crippen molar-refractivity contribution < 1.29 is 4.74 Å². The average molecular weight is 233 g/mol. The molecule has 1 rings (SSSR count). The Morgan fingerprint density at radius 3 is 2.47 bits per heavy atom. The molecule has 1 aromatic carbocycles. The van der Waals surface area contributed by atoms with E-state index in [0.717, 1.165) is 18.7 Å². The van der Waals surface area contributed by atoms with Crippen LogP contribution in [0.15, 0.2) is 36.4 Å². The van der Waals surface area contributed by atoms with Crippen LogP contribution in [-0.2, 0) is 0 Å². The van der Waals surface area contributed by atoms with Gasteiger partial charge in [0.15, 0.2) is 0 Å². The van der Waals surface area contributed by atoms with Crippen molar-refractivity contribution >= 4 is 0 Å². The first-order chi connectivity index (χ1) is 8.31. The van der Waals surface area contributed by atoms with Gasteiger partial charge in [0, 0.05) is 6.04 Å². The van der Waals surface area contributed by atoms with Gasteiger partial charge in [0.2, 0.25) is 0 Å². The molecule has 0 radical (unpaired) electrons. The summed E-state index contributed by atoms with van der Waals surface area (Å²) in [5.41, 5.74) is 1.33. The van der Waals surface area contributed by atoms with Crippen LogP contribution in [0.5, 0.6) is 5.75 Å². The summed E-state index contributed by atoms with van der Waals surface area (Å²) in [5, 5.41) is 3.47. The molecule has 2 nitrogen and oxygen atoms in total. The van der Waals surface area contributed by atoms with Crippen molar-refractivity contribution in [2.75, 3.05) is 13.2 Å². The Hall–Kier alpha value is -1.28. The molecule has 2 heteroatoms. The second-order valence-corrected chi connectivity index (χ2v) is 3.97. The molecule has 0 bridgehead atoms. The van der Waals surface area contributed by atoms with E-state index in [0.29, 0.717) is 12.6 Å². The van der Waals surface area contributed by atoms with Gasteiger partial charge in [-0.15, -0.1) is 0 Å². The van der Waals surface area contributed by atoms with E-state index >= 15 is 0 Å². The Balaban J connectivity index is 2.59. The molecule has 1 atom stereocenters. The number of rotatable bonds is 7. The monoisotopic (exact) mass is 233 g/mol. The molecular weight excluding hydrogens is 210 g/mol. The van der Waals surface area contributed by atoms with E-state index in [4.69, 9.17) is 4.74 Å². The van der Waals surface area contributed by atoms with Gasteiger partial charge in [-0.25, -0.2) is 0 Å². The summed E-state index contributed by atoms with van der Waals surface area (Å²) in [6, 6.07) is 8.81. The number of allylic oxidation sites excluding steroid dienone is 1. The van der Waals surface area contributed by atoms with Crippen molar-refractivity contribution in [1.82, 2.24) is 5.32 Å².